The summed E-state index contributed by atoms with van der Waals surface area (Å²) in [6, 6.07) is 0. The number of hydrogen-bond acceptors (Lipinski definition) is 3. The Hall–Kier alpha value is -0.130. The molecule has 0 amide bonds. The third-order valence-corrected chi connectivity index (χ3v) is 5.95. The molecule has 0 aromatic rings. The van der Waals surface area contributed by atoms with Gasteiger partial charge in [-0.1, -0.05) is 33.1 Å². The predicted octanol–water partition coefficient (Wildman–Crippen LogP) is 1.86. The normalized spacial score (nSPS) is 22.1. The van der Waals surface area contributed by atoms with Crippen molar-refractivity contribution < 1.29 is 8.42 Å². The highest BCUT2D eigenvalue weighted by molar-refractivity contribution is 7.89. The lowest BCUT2D eigenvalue weighted by molar-refractivity contribution is 0.311. The molecule has 18 heavy (non-hydrogen) atoms. The molecule has 1 fully saturated rings. The molecule has 0 bridgehead atoms. The van der Waals surface area contributed by atoms with Crippen molar-refractivity contribution in [3.05, 3.63) is 0 Å². The zero-order chi connectivity index (χ0) is 13.8. The molecule has 0 aromatic carbocycles. The van der Waals surface area contributed by atoms with Crippen molar-refractivity contribution in [2.45, 2.75) is 58.4 Å². The maximum Gasteiger partial charge on any atom is 0.212 e. The van der Waals surface area contributed by atoms with E-state index in [1.807, 2.05) is 20.8 Å². The summed E-state index contributed by atoms with van der Waals surface area (Å²) < 4.78 is 27.2. The Morgan fingerprint density at radius 2 is 1.83 bits per heavy atom. The molecule has 1 aliphatic carbocycles. The Balaban J connectivity index is 2.63. The van der Waals surface area contributed by atoms with E-state index < -0.39 is 15.6 Å². The molecule has 1 atom stereocenters. The van der Waals surface area contributed by atoms with E-state index in [1.54, 1.807) is 0 Å². The number of sulfonamides is 1. The quantitative estimate of drug-likeness (QED) is 0.778. The first-order chi connectivity index (χ1) is 8.29. The zero-order valence-corrected chi connectivity index (χ0v) is 12.7. The van der Waals surface area contributed by atoms with Crippen molar-refractivity contribution in [3.8, 4) is 0 Å². The predicted molar refractivity (Wildman–Crippen MR) is 75.8 cm³/mol. The second-order valence-electron chi connectivity index (χ2n) is 6.16. The molecule has 1 saturated carbocycles. The van der Waals surface area contributed by atoms with Gasteiger partial charge in [-0.3, -0.25) is 0 Å². The third kappa shape index (κ3) is 4.52. The first-order valence-corrected chi connectivity index (χ1v) is 8.66. The van der Waals surface area contributed by atoms with Crippen molar-refractivity contribution in [1.82, 2.24) is 4.72 Å². The average molecular weight is 276 g/mol. The van der Waals surface area contributed by atoms with Crippen LogP contribution in [0, 0.1) is 11.8 Å². The molecule has 5 heteroatoms. The van der Waals surface area contributed by atoms with Gasteiger partial charge >= 0.3 is 0 Å². The van der Waals surface area contributed by atoms with Crippen LogP contribution in [-0.2, 0) is 10.0 Å². The molecule has 0 spiro atoms. The van der Waals surface area contributed by atoms with Crippen molar-refractivity contribution in [2.24, 2.45) is 17.6 Å². The standard InChI is InChI=1S/C13H28N2O2S/c1-11(2)13(3,10-14)15-18(16,17)9-12-7-5-4-6-8-12/h11-12,15H,4-10,14H2,1-3H3. The SMILES string of the molecule is CC(C)C(C)(CN)NS(=O)(=O)CC1CCCCC1. The van der Waals surface area contributed by atoms with Gasteiger partial charge < -0.3 is 5.73 Å². The Labute approximate surface area is 112 Å². The molecular formula is C13H28N2O2S. The highest BCUT2D eigenvalue weighted by atomic mass is 32.2. The summed E-state index contributed by atoms with van der Waals surface area (Å²) in [7, 11) is -3.23. The van der Waals surface area contributed by atoms with Gasteiger partial charge in [0.05, 0.1) is 5.75 Å². The highest BCUT2D eigenvalue weighted by Gasteiger charge is 2.33. The van der Waals surface area contributed by atoms with Crippen LogP contribution in [0.5, 0.6) is 0 Å². The summed E-state index contributed by atoms with van der Waals surface area (Å²) in [5.41, 5.74) is 5.19. The van der Waals surface area contributed by atoms with Crippen LogP contribution < -0.4 is 10.5 Å². The number of hydrogen-bond donors (Lipinski definition) is 2. The van der Waals surface area contributed by atoms with E-state index in [4.69, 9.17) is 5.73 Å². The van der Waals surface area contributed by atoms with Crippen LogP contribution >= 0.6 is 0 Å². The second-order valence-corrected chi connectivity index (χ2v) is 7.93. The zero-order valence-electron chi connectivity index (χ0n) is 11.9. The average Bonchev–Trinajstić information content (AvgIpc) is 2.28. The number of nitrogens with one attached hydrogen (secondary N) is 1. The van der Waals surface area contributed by atoms with E-state index in [1.165, 1.54) is 19.3 Å². The van der Waals surface area contributed by atoms with Crippen LogP contribution in [0.4, 0.5) is 0 Å². The van der Waals surface area contributed by atoms with Crippen molar-refractivity contribution >= 4 is 10.0 Å². The van der Waals surface area contributed by atoms with Crippen LogP contribution in [0.25, 0.3) is 0 Å². The van der Waals surface area contributed by atoms with Gasteiger partial charge in [-0.05, 0) is 31.6 Å². The van der Waals surface area contributed by atoms with Gasteiger partial charge in [-0.15, -0.1) is 0 Å². The molecule has 0 saturated heterocycles. The van der Waals surface area contributed by atoms with E-state index in [0.29, 0.717) is 12.5 Å². The molecule has 0 aliphatic heterocycles. The summed E-state index contributed by atoms with van der Waals surface area (Å²) in [5, 5.41) is 0. The minimum atomic E-state index is -3.23. The lowest BCUT2D eigenvalue weighted by Gasteiger charge is -2.34. The first-order valence-electron chi connectivity index (χ1n) is 7.01. The van der Waals surface area contributed by atoms with E-state index in [-0.39, 0.29) is 11.7 Å². The summed E-state index contributed by atoms with van der Waals surface area (Å²) >= 11 is 0. The monoisotopic (exact) mass is 276 g/mol. The Bertz CT molecular complexity index is 348. The van der Waals surface area contributed by atoms with Crippen molar-refractivity contribution in [1.29, 1.82) is 0 Å². The molecule has 108 valence electrons. The van der Waals surface area contributed by atoms with Gasteiger partial charge in [-0.2, -0.15) is 0 Å². The summed E-state index contributed by atoms with van der Waals surface area (Å²) in [4.78, 5) is 0. The summed E-state index contributed by atoms with van der Waals surface area (Å²) in [5.74, 6) is 0.768. The lowest BCUT2D eigenvalue weighted by Crippen LogP contribution is -2.55. The van der Waals surface area contributed by atoms with Gasteiger partial charge in [0, 0.05) is 12.1 Å². The molecular weight excluding hydrogens is 248 g/mol. The largest absolute Gasteiger partial charge is 0.329 e. The van der Waals surface area contributed by atoms with E-state index in [2.05, 4.69) is 4.72 Å². The fourth-order valence-electron chi connectivity index (χ4n) is 2.46. The fraction of sp³-hybridized carbons (Fsp3) is 1.00. The maximum atomic E-state index is 12.2. The molecule has 0 heterocycles. The second kappa shape index (κ2) is 6.35. The fourth-order valence-corrected chi connectivity index (χ4v) is 4.52. The van der Waals surface area contributed by atoms with Crippen molar-refractivity contribution in [2.75, 3.05) is 12.3 Å². The molecule has 1 aliphatic rings. The molecule has 0 aromatic heterocycles. The van der Waals surface area contributed by atoms with Crippen LogP contribution in [-0.4, -0.2) is 26.3 Å². The van der Waals surface area contributed by atoms with E-state index in [0.717, 1.165) is 12.8 Å². The minimum Gasteiger partial charge on any atom is -0.329 e. The molecule has 0 radical (unpaired) electrons. The van der Waals surface area contributed by atoms with Crippen molar-refractivity contribution in [3.63, 3.8) is 0 Å². The van der Waals surface area contributed by atoms with E-state index >= 15 is 0 Å². The number of rotatable bonds is 6. The molecule has 3 N–H and O–H groups in total. The highest BCUT2D eigenvalue weighted by Crippen LogP contribution is 2.25. The van der Waals surface area contributed by atoms with Gasteiger partial charge in [0.25, 0.3) is 0 Å². The molecule has 1 rings (SSSR count). The molecule has 4 nitrogen and oxygen atoms in total. The third-order valence-electron chi connectivity index (χ3n) is 4.27. The maximum absolute atomic E-state index is 12.2. The van der Waals surface area contributed by atoms with Gasteiger partial charge in [0.15, 0.2) is 0 Å². The first kappa shape index (κ1) is 15.9. The summed E-state index contributed by atoms with van der Waals surface area (Å²) in [6.45, 7) is 6.20. The molecule has 1 unspecified atom stereocenters. The Morgan fingerprint density at radius 1 is 1.28 bits per heavy atom. The van der Waals surface area contributed by atoms with Crippen LogP contribution in [0.3, 0.4) is 0 Å². The van der Waals surface area contributed by atoms with E-state index in [9.17, 15) is 8.42 Å². The van der Waals surface area contributed by atoms with Gasteiger partial charge in [-0.25, -0.2) is 13.1 Å². The smallest absolute Gasteiger partial charge is 0.212 e. The van der Waals surface area contributed by atoms with Gasteiger partial charge in [0.2, 0.25) is 10.0 Å². The summed E-state index contributed by atoms with van der Waals surface area (Å²) in [6.07, 6.45) is 5.66. The Kier molecular flexibility index (Phi) is 5.62. The minimum absolute atomic E-state index is 0.184. The topological polar surface area (TPSA) is 72.2 Å². The van der Waals surface area contributed by atoms with Crippen LogP contribution in [0.2, 0.25) is 0 Å². The Morgan fingerprint density at radius 3 is 2.28 bits per heavy atom. The van der Waals surface area contributed by atoms with Crippen LogP contribution in [0.1, 0.15) is 52.9 Å². The van der Waals surface area contributed by atoms with Gasteiger partial charge in [0.1, 0.15) is 0 Å². The van der Waals surface area contributed by atoms with Crippen LogP contribution in [0.15, 0.2) is 0 Å². The number of nitrogens with two attached hydrogens (primary N) is 1. The lowest BCUT2D eigenvalue weighted by atomic mass is 9.90.